The van der Waals surface area contributed by atoms with E-state index in [-0.39, 0.29) is 6.03 Å². The predicted molar refractivity (Wildman–Crippen MR) is 92.6 cm³/mol. The summed E-state index contributed by atoms with van der Waals surface area (Å²) in [7, 11) is 3.40. The van der Waals surface area contributed by atoms with Gasteiger partial charge in [-0.2, -0.15) is 0 Å². The number of nitrogens with one attached hydrogen (secondary N) is 1. The highest BCUT2D eigenvalue weighted by Crippen LogP contribution is 2.14. The zero-order valence-electron chi connectivity index (χ0n) is 12.0. The molecule has 5 heteroatoms. The Morgan fingerprint density at radius 1 is 1.14 bits per heavy atom. The van der Waals surface area contributed by atoms with Crippen LogP contribution in [0.15, 0.2) is 48.5 Å². The Hall–Kier alpha value is -1.76. The summed E-state index contributed by atoms with van der Waals surface area (Å²) in [5.74, 6) is 0.810. The van der Waals surface area contributed by atoms with Gasteiger partial charge in [-0.1, -0.05) is 12.1 Å². The van der Waals surface area contributed by atoms with Crippen LogP contribution in [0.25, 0.3) is 0 Å². The second-order valence-corrected chi connectivity index (χ2v) is 5.89. The van der Waals surface area contributed by atoms with Crippen LogP contribution in [0.5, 0.6) is 5.75 Å². The second-order valence-electron chi connectivity index (χ2n) is 4.64. The molecule has 0 unspecified atom stereocenters. The first-order chi connectivity index (χ1) is 10.1. The van der Waals surface area contributed by atoms with Crippen LogP contribution in [0.4, 0.5) is 10.5 Å². The second kappa shape index (κ2) is 7.31. The van der Waals surface area contributed by atoms with Gasteiger partial charge in [0, 0.05) is 22.8 Å². The summed E-state index contributed by atoms with van der Waals surface area (Å²) in [4.78, 5) is 13.8. The average Bonchev–Trinajstić information content (AvgIpc) is 2.50. The maximum absolute atomic E-state index is 12.1. The van der Waals surface area contributed by atoms with Crippen LogP contribution in [0, 0.1) is 3.57 Å². The summed E-state index contributed by atoms with van der Waals surface area (Å²) in [6.07, 6.45) is 0. The van der Waals surface area contributed by atoms with E-state index in [2.05, 4.69) is 27.9 Å². The summed E-state index contributed by atoms with van der Waals surface area (Å²) in [5, 5.41) is 2.87. The number of carbonyl (C=O) groups is 1. The largest absolute Gasteiger partial charge is 0.497 e. The number of hydrogen-bond donors (Lipinski definition) is 1. The van der Waals surface area contributed by atoms with Crippen molar-refractivity contribution in [1.82, 2.24) is 4.90 Å². The standard InChI is InChI=1S/C16H17IN2O2/c1-19(11-12-3-9-15(21-2)10-4-12)16(20)18-14-7-5-13(17)6-8-14/h3-10H,11H2,1-2H3,(H,18,20). The molecule has 0 saturated heterocycles. The number of methoxy groups -OCH3 is 1. The van der Waals surface area contributed by atoms with Crippen molar-refractivity contribution >= 4 is 34.3 Å². The highest BCUT2D eigenvalue weighted by molar-refractivity contribution is 14.1. The van der Waals surface area contributed by atoms with E-state index >= 15 is 0 Å². The number of rotatable bonds is 4. The molecule has 0 aromatic heterocycles. The molecule has 2 amide bonds. The van der Waals surface area contributed by atoms with Gasteiger partial charge in [0.2, 0.25) is 0 Å². The first-order valence-corrected chi connectivity index (χ1v) is 7.57. The number of benzene rings is 2. The summed E-state index contributed by atoms with van der Waals surface area (Å²) < 4.78 is 6.25. The van der Waals surface area contributed by atoms with E-state index < -0.39 is 0 Å². The van der Waals surface area contributed by atoms with Crippen LogP contribution in [0.3, 0.4) is 0 Å². The van der Waals surface area contributed by atoms with Gasteiger partial charge in [0.25, 0.3) is 0 Å². The molecule has 0 heterocycles. The molecule has 0 radical (unpaired) electrons. The number of nitrogens with zero attached hydrogens (tertiary/aromatic N) is 1. The molecule has 0 aliphatic heterocycles. The number of hydrogen-bond acceptors (Lipinski definition) is 2. The van der Waals surface area contributed by atoms with Crippen molar-refractivity contribution in [1.29, 1.82) is 0 Å². The zero-order valence-corrected chi connectivity index (χ0v) is 14.1. The monoisotopic (exact) mass is 396 g/mol. The maximum Gasteiger partial charge on any atom is 0.321 e. The van der Waals surface area contributed by atoms with Crippen LogP contribution in [-0.2, 0) is 6.54 Å². The van der Waals surface area contributed by atoms with Gasteiger partial charge in [-0.05, 0) is 64.6 Å². The third-order valence-corrected chi connectivity index (χ3v) is 3.74. The minimum Gasteiger partial charge on any atom is -0.497 e. The maximum atomic E-state index is 12.1. The van der Waals surface area contributed by atoms with Crippen molar-refractivity contribution in [3.05, 3.63) is 57.7 Å². The molecule has 2 aromatic rings. The summed E-state index contributed by atoms with van der Waals surface area (Å²) >= 11 is 2.23. The minimum absolute atomic E-state index is 0.132. The molecule has 0 atom stereocenters. The molecule has 1 N–H and O–H groups in total. The topological polar surface area (TPSA) is 41.6 Å². The van der Waals surface area contributed by atoms with Gasteiger partial charge < -0.3 is 15.0 Å². The molecule has 0 aliphatic carbocycles. The highest BCUT2D eigenvalue weighted by atomic mass is 127. The lowest BCUT2D eigenvalue weighted by Crippen LogP contribution is -2.30. The molecule has 0 bridgehead atoms. The number of amides is 2. The third kappa shape index (κ3) is 4.63. The molecule has 0 aliphatic rings. The fraction of sp³-hybridized carbons (Fsp3) is 0.188. The summed E-state index contributed by atoms with van der Waals surface area (Å²) in [6.45, 7) is 0.542. The fourth-order valence-corrected chi connectivity index (χ4v) is 2.19. The van der Waals surface area contributed by atoms with E-state index in [4.69, 9.17) is 4.74 Å². The van der Waals surface area contributed by atoms with Crippen molar-refractivity contribution in [2.24, 2.45) is 0 Å². The molecule has 21 heavy (non-hydrogen) atoms. The van der Waals surface area contributed by atoms with Crippen LogP contribution < -0.4 is 10.1 Å². The van der Waals surface area contributed by atoms with Gasteiger partial charge >= 0.3 is 6.03 Å². The number of halogens is 1. The number of ether oxygens (including phenoxy) is 1. The van der Waals surface area contributed by atoms with E-state index in [1.54, 1.807) is 19.1 Å². The Morgan fingerprint density at radius 3 is 2.33 bits per heavy atom. The Morgan fingerprint density at radius 2 is 1.76 bits per heavy atom. The molecule has 0 spiro atoms. The number of anilines is 1. The molecule has 4 nitrogen and oxygen atoms in total. The quantitative estimate of drug-likeness (QED) is 0.795. The van der Waals surface area contributed by atoms with Gasteiger partial charge in [0.05, 0.1) is 7.11 Å². The molecule has 0 saturated carbocycles. The molecule has 110 valence electrons. The minimum atomic E-state index is -0.132. The van der Waals surface area contributed by atoms with E-state index in [9.17, 15) is 4.79 Å². The van der Waals surface area contributed by atoms with Crippen molar-refractivity contribution in [2.75, 3.05) is 19.5 Å². The smallest absolute Gasteiger partial charge is 0.321 e. The van der Waals surface area contributed by atoms with Gasteiger partial charge in [0.15, 0.2) is 0 Å². The van der Waals surface area contributed by atoms with Gasteiger partial charge in [0.1, 0.15) is 5.75 Å². The SMILES string of the molecule is COc1ccc(CN(C)C(=O)Nc2ccc(I)cc2)cc1. The lowest BCUT2D eigenvalue weighted by molar-refractivity contribution is 0.220. The summed E-state index contributed by atoms with van der Waals surface area (Å²) in [6, 6.07) is 15.2. The van der Waals surface area contributed by atoms with E-state index in [0.29, 0.717) is 6.54 Å². The van der Waals surface area contributed by atoms with Crippen LogP contribution in [0.1, 0.15) is 5.56 Å². The molecular formula is C16H17IN2O2. The van der Waals surface area contributed by atoms with E-state index in [1.165, 1.54) is 0 Å². The molecule has 0 fully saturated rings. The first kappa shape index (κ1) is 15.6. The Labute approximate surface area is 138 Å². The molecular weight excluding hydrogens is 379 g/mol. The van der Waals surface area contributed by atoms with Gasteiger partial charge in [-0.15, -0.1) is 0 Å². The van der Waals surface area contributed by atoms with Crippen molar-refractivity contribution in [3.63, 3.8) is 0 Å². The first-order valence-electron chi connectivity index (χ1n) is 6.49. The van der Waals surface area contributed by atoms with E-state index in [0.717, 1.165) is 20.6 Å². The highest BCUT2D eigenvalue weighted by Gasteiger charge is 2.09. The van der Waals surface area contributed by atoms with Crippen LogP contribution >= 0.6 is 22.6 Å². The normalized spacial score (nSPS) is 10.0. The van der Waals surface area contributed by atoms with E-state index in [1.807, 2.05) is 48.5 Å². The van der Waals surface area contributed by atoms with Crippen molar-refractivity contribution in [3.8, 4) is 5.75 Å². The predicted octanol–water partition coefficient (Wildman–Crippen LogP) is 3.96. The Balaban J connectivity index is 1.93. The Bertz CT molecular complexity index is 597. The van der Waals surface area contributed by atoms with Crippen LogP contribution in [-0.4, -0.2) is 25.1 Å². The molecule has 2 rings (SSSR count). The lowest BCUT2D eigenvalue weighted by atomic mass is 10.2. The van der Waals surface area contributed by atoms with Crippen LogP contribution in [0.2, 0.25) is 0 Å². The fourth-order valence-electron chi connectivity index (χ4n) is 1.83. The zero-order chi connectivity index (χ0) is 15.2. The Kier molecular flexibility index (Phi) is 5.44. The number of urea groups is 1. The summed E-state index contributed by atoms with van der Waals surface area (Å²) in [5.41, 5.74) is 1.85. The van der Waals surface area contributed by atoms with Gasteiger partial charge in [-0.3, -0.25) is 0 Å². The molecule has 2 aromatic carbocycles. The van der Waals surface area contributed by atoms with Crippen molar-refractivity contribution < 1.29 is 9.53 Å². The average molecular weight is 396 g/mol. The van der Waals surface area contributed by atoms with Gasteiger partial charge in [-0.25, -0.2) is 4.79 Å². The lowest BCUT2D eigenvalue weighted by Gasteiger charge is -2.18. The third-order valence-electron chi connectivity index (χ3n) is 3.02. The van der Waals surface area contributed by atoms with Crippen molar-refractivity contribution in [2.45, 2.75) is 6.54 Å². The number of carbonyl (C=O) groups excluding carboxylic acids is 1.